The highest BCUT2D eigenvalue weighted by Gasteiger charge is 2.01. The van der Waals surface area contributed by atoms with E-state index in [2.05, 4.69) is 5.32 Å². The molecule has 2 heteroatoms. The summed E-state index contributed by atoms with van der Waals surface area (Å²) in [4.78, 5) is 9.31. The Hall–Kier alpha value is -0.790. The standard InChI is InChI=1S/C3H2NO/c5-2-3-1-4-3/h1,4H. The minimum Gasteiger partial charge on any atom is -0.355 e. The molecule has 1 aliphatic rings. The fourth-order valence-corrected chi connectivity index (χ4v) is 0.0950. The van der Waals surface area contributed by atoms with Crippen LogP contribution in [0.25, 0.3) is 0 Å². The zero-order valence-electron chi connectivity index (χ0n) is 2.49. The summed E-state index contributed by atoms with van der Waals surface area (Å²) in [5, 5.41) is 2.55. The maximum atomic E-state index is 9.31. The molecule has 5 heavy (non-hydrogen) atoms. The molecule has 0 bridgehead atoms. The first-order chi connectivity index (χ1) is 2.43. The number of allylic oxidation sites excluding steroid dienone is 1. The van der Waals surface area contributed by atoms with E-state index in [4.69, 9.17) is 0 Å². The first-order valence-corrected chi connectivity index (χ1v) is 1.28. The Bertz CT molecular complexity index is 82.1. The number of hydrogen-bond donors (Lipinski definition) is 1. The zero-order chi connectivity index (χ0) is 3.70. The summed E-state index contributed by atoms with van der Waals surface area (Å²) in [7, 11) is 0. The maximum absolute atomic E-state index is 9.31. The van der Waals surface area contributed by atoms with Gasteiger partial charge in [-0.25, -0.2) is 0 Å². The molecule has 1 radical (unpaired) electrons. The van der Waals surface area contributed by atoms with Crippen LogP contribution in [0.2, 0.25) is 0 Å². The molecular formula is C3H2NO. The second kappa shape index (κ2) is 0.578. The summed E-state index contributed by atoms with van der Waals surface area (Å²) in [6.45, 7) is 0. The van der Waals surface area contributed by atoms with Crippen LogP contribution in [-0.4, -0.2) is 6.29 Å². The lowest BCUT2D eigenvalue weighted by Crippen LogP contribution is -1.74. The van der Waals surface area contributed by atoms with Crippen molar-refractivity contribution in [1.29, 1.82) is 0 Å². The van der Waals surface area contributed by atoms with Gasteiger partial charge in [0.15, 0.2) is 0 Å². The van der Waals surface area contributed by atoms with Crippen molar-refractivity contribution in [2.45, 2.75) is 0 Å². The van der Waals surface area contributed by atoms with Crippen molar-refractivity contribution in [2.75, 3.05) is 0 Å². The highest BCUT2D eigenvalue weighted by atomic mass is 16.1. The number of carbonyl (C=O) groups excluding carboxylic acids is 1. The minimum atomic E-state index is 0.574. The Kier molecular flexibility index (Phi) is 0.283. The van der Waals surface area contributed by atoms with E-state index in [0.29, 0.717) is 5.70 Å². The Morgan fingerprint density at radius 1 is 2.00 bits per heavy atom. The monoisotopic (exact) mass is 68.0 g/mol. The lowest BCUT2D eigenvalue weighted by Gasteiger charge is -1.52. The van der Waals surface area contributed by atoms with Crippen LogP contribution in [0.5, 0.6) is 0 Å². The van der Waals surface area contributed by atoms with Crippen molar-refractivity contribution in [3.8, 4) is 0 Å². The third-order valence-electron chi connectivity index (χ3n) is 0.399. The molecule has 1 N–H and O–H groups in total. The van der Waals surface area contributed by atoms with Crippen LogP contribution in [0.4, 0.5) is 0 Å². The van der Waals surface area contributed by atoms with E-state index in [9.17, 15) is 4.79 Å². The predicted octanol–water partition coefficient (Wildman–Crippen LogP) is -0.459. The van der Waals surface area contributed by atoms with Gasteiger partial charge in [0.05, 0.1) is 0 Å². The fourth-order valence-electron chi connectivity index (χ4n) is 0.0950. The highest BCUT2D eigenvalue weighted by molar-refractivity contribution is 5.78. The molecule has 0 fully saturated rings. The van der Waals surface area contributed by atoms with Gasteiger partial charge in [-0.1, -0.05) is 0 Å². The first kappa shape index (κ1) is 2.45. The predicted molar refractivity (Wildman–Crippen MR) is 16.9 cm³/mol. The molecule has 1 rings (SSSR count). The summed E-state index contributed by atoms with van der Waals surface area (Å²) >= 11 is 0. The van der Waals surface area contributed by atoms with E-state index in [1.807, 2.05) is 0 Å². The van der Waals surface area contributed by atoms with Gasteiger partial charge in [-0.05, 0) is 0 Å². The van der Waals surface area contributed by atoms with Gasteiger partial charge >= 0.3 is 0 Å². The van der Waals surface area contributed by atoms with Crippen LogP contribution in [0.3, 0.4) is 0 Å². The Morgan fingerprint density at radius 2 is 2.60 bits per heavy atom. The fraction of sp³-hybridized carbons (Fsp3) is 0. The largest absolute Gasteiger partial charge is 0.355 e. The first-order valence-electron chi connectivity index (χ1n) is 1.28. The number of hydrogen-bond acceptors (Lipinski definition) is 2. The summed E-state index contributed by atoms with van der Waals surface area (Å²) in [5.74, 6) is 0. The lowest BCUT2D eigenvalue weighted by molar-refractivity contribution is 0.562. The van der Waals surface area contributed by atoms with E-state index in [1.165, 1.54) is 0 Å². The Labute approximate surface area is 29.5 Å². The smallest absolute Gasteiger partial charge is 0.252 e. The van der Waals surface area contributed by atoms with Gasteiger partial charge in [-0.2, -0.15) is 0 Å². The molecular weight excluding hydrogens is 66.0 g/mol. The van der Waals surface area contributed by atoms with E-state index >= 15 is 0 Å². The molecule has 1 heterocycles. The molecule has 0 spiro atoms. The molecule has 2 nitrogen and oxygen atoms in total. The number of rotatable bonds is 1. The molecule has 1 aliphatic heterocycles. The normalized spacial score (nSPS) is 15.6. The van der Waals surface area contributed by atoms with Crippen LogP contribution < -0.4 is 5.32 Å². The molecule has 0 aliphatic carbocycles. The molecule has 0 amide bonds. The van der Waals surface area contributed by atoms with Crippen LogP contribution in [-0.2, 0) is 4.79 Å². The summed E-state index contributed by atoms with van der Waals surface area (Å²) in [5.41, 5.74) is 0.574. The third-order valence-corrected chi connectivity index (χ3v) is 0.399. The van der Waals surface area contributed by atoms with Gasteiger partial charge in [0.1, 0.15) is 5.70 Å². The van der Waals surface area contributed by atoms with E-state index < -0.39 is 0 Å². The Morgan fingerprint density at radius 3 is 2.60 bits per heavy atom. The third kappa shape index (κ3) is 0.265. The summed E-state index contributed by atoms with van der Waals surface area (Å²) in [6.07, 6.45) is 3.23. The van der Waals surface area contributed by atoms with Crippen molar-refractivity contribution >= 4 is 6.29 Å². The van der Waals surface area contributed by atoms with Gasteiger partial charge in [-0.15, -0.1) is 0 Å². The van der Waals surface area contributed by atoms with E-state index in [-0.39, 0.29) is 0 Å². The van der Waals surface area contributed by atoms with E-state index in [0.717, 1.165) is 0 Å². The Balaban J connectivity index is 2.49. The van der Waals surface area contributed by atoms with Crippen molar-refractivity contribution < 1.29 is 4.79 Å². The molecule has 0 unspecified atom stereocenters. The van der Waals surface area contributed by atoms with Crippen molar-refractivity contribution in [3.05, 3.63) is 11.9 Å². The van der Waals surface area contributed by atoms with E-state index in [1.54, 1.807) is 12.5 Å². The van der Waals surface area contributed by atoms with Crippen LogP contribution in [0, 0.1) is 0 Å². The average Bonchev–Trinajstić information content (AvgIpc) is 2.12. The van der Waals surface area contributed by atoms with Gasteiger partial charge in [0.25, 0.3) is 6.29 Å². The average molecular weight is 68.1 g/mol. The maximum Gasteiger partial charge on any atom is 0.252 e. The number of nitrogens with one attached hydrogen (secondary N) is 1. The molecule has 0 aromatic carbocycles. The van der Waals surface area contributed by atoms with Crippen molar-refractivity contribution in [1.82, 2.24) is 5.32 Å². The summed E-state index contributed by atoms with van der Waals surface area (Å²) in [6, 6.07) is 0. The highest BCUT2D eigenvalue weighted by Crippen LogP contribution is 1.91. The molecule has 0 aromatic heterocycles. The molecule has 0 saturated heterocycles. The topological polar surface area (TPSA) is 39.0 Å². The minimum absolute atomic E-state index is 0.574. The van der Waals surface area contributed by atoms with Crippen molar-refractivity contribution in [2.24, 2.45) is 0 Å². The quantitative estimate of drug-likeness (QED) is 0.451. The molecule has 0 atom stereocenters. The van der Waals surface area contributed by atoms with Gasteiger partial charge in [-0.3, -0.25) is 4.79 Å². The van der Waals surface area contributed by atoms with Gasteiger partial charge in [0.2, 0.25) is 0 Å². The summed E-state index contributed by atoms with van der Waals surface area (Å²) < 4.78 is 0. The van der Waals surface area contributed by atoms with Gasteiger partial charge in [0, 0.05) is 6.20 Å². The second-order valence-corrected chi connectivity index (χ2v) is 0.804. The van der Waals surface area contributed by atoms with Crippen LogP contribution >= 0.6 is 0 Å². The lowest BCUT2D eigenvalue weighted by atomic mass is 10.7. The van der Waals surface area contributed by atoms with Crippen LogP contribution in [0.15, 0.2) is 11.9 Å². The second-order valence-electron chi connectivity index (χ2n) is 0.804. The van der Waals surface area contributed by atoms with Crippen LogP contribution in [0.1, 0.15) is 0 Å². The molecule has 25 valence electrons. The van der Waals surface area contributed by atoms with Crippen molar-refractivity contribution in [3.63, 3.8) is 0 Å². The molecule has 0 saturated carbocycles. The van der Waals surface area contributed by atoms with Gasteiger partial charge < -0.3 is 5.32 Å². The zero-order valence-corrected chi connectivity index (χ0v) is 2.49. The molecule has 0 aromatic rings. The SMILES string of the molecule is O=[C]C1=CN1.